The van der Waals surface area contributed by atoms with Crippen molar-refractivity contribution in [2.24, 2.45) is 0 Å². The minimum absolute atomic E-state index is 0.453. The molecule has 1 N–H and O–H groups in total. The summed E-state index contributed by atoms with van der Waals surface area (Å²) in [5, 5.41) is 18.6. The molecular weight excluding hydrogens is 308 g/mol. The van der Waals surface area contributed by atoms with Crippen molar-refractivity contribution in [3.63, 3.8) is 0 Å². The topological polar surface area (TPSA) is 66.1 Å². The van der Waals surface area contributed by atoms with Crippen LogP contribution >= 0.6 is 15.9 Å². The molecule has 2 aromatic rings. The summed E-state index contributed by atoms with van der Waals surface area (Å²) in [5.41, 5.74) is 1.10. The summed E-state index contributed by atoms with van der Waals surface area (Å²) in [5.74, 6) is 0.986. The molecule has 4 nitrogen and oxygen atoms in total. The zero-order chi connectivity index (χ0) is 13.8. The summed E-state index contributed by atoms with van der Waals surface area (Å²) >= 11 is 3.31. The van der Waals surface area contributed by atoms with Crippen molar-refractivity contribution < 1.29 is 9.84 Å². The fraction of sp³-hybridized carbons (Fsp3) is 0.143. The Morgan fingerprint density at radius 1 is 1.37 bits per heavy atom. The molecular formula is C14H11BrN2O2. The monoisotopic (exact) mass is 318 g/mol. The standard InChI is InChI=1S/C14H11BrN2O2/c1-9(18)13-3-2-10(6-16)4-14(13)19-12-5-11(15)7-17-8-12/h2-5,7-9,18H,1H3/t9-/m1/s1. The largest absolute Gasteiger partial charge is 0.455 e. The second-order valence-corrected chi connectivity index (χ2v) is 4.90. The van der Waals surface area contributed by atoms with Crippen molar-refractivity contribution in [3.05, 3.63) is 52.3 Å². The summed E-state index contributed by atoms with van der Waals surface area (Å²) in [6, 6.07) is 8.74. The number of aliphatic hydroxyl groups excluding tert-OH is 1. The SMILES string of the molecule is C[C@@H](O)c1ccc(C#N)cc1Oc1cncc(Br)c1. The van der Waals surface area contributed by atoms with Gasteiger partial charge in [0.1, 0.15) is 11.5 Å². The number of ether oxygens (including phenoxy) is 1. The summed E-state index contributed by atoms with van der Waals surface area (Å²) in [7, 11) is 0. The lowest BCUT2D eigenvalue weighted by Gasteiger charge is -2.13. The molecule has 0 fully saturated rings. The average molecular weight is 319 g/mol. The van der Waals surface area contributed by atoms with Gasteiger partial charge >= 0.3 is 0 Å². The third-order valence-electron chi connectivity index (χ3n) is 2.50. The van der Waals surface area contributed by atoms with E-state index in [9.17, 15) is 5.11 Å². The Morgan fingerprint density at radius 2 is 2.16 bits per heavy atom. The van der Waals surface area contributed by atoms with Gasteiger partial charge in [0.05, 0.1) is 23.9 Å². The second kappa shape index (κ2) is 5.83. The minimum Gasteiger partial charge on any atom is -0.455 e. The first-order chi connectivity index (χ1) is 9.10. The Labute approximate surface area is 119 Å². The number of hydrogen-bond acceptors (Lipinski definition) is 4. The fourth-order valence-electron chi connectivity index (χ4n) is 1.61. The number of aliphatic hydroxyl groups is 1. The molecule has 0 saturated heterocycles. The molecule has 0 bridgehead atoms. The lowest BCUT2D eigenvalue weighted by molar-refractivity contribution is 0.195. The molecule has 1 heterocycles. The van der Waals surface area contributed by atoms with Crippen molar-refractivity contribution in [2.75, 3.05) is 0 Å². The molecule has 19 heavy (non-hydrogen) atoms. The third kappa shape index (κ3) is 3.31. The first-order valence-electron chi connectivity index (χ1n) is 5.60. The van der Waals surface area contributed by atoms with Gasteiger partial charge in [0, 0.05) is 16.2 Å². The molecule has 1 aromatic carbocycles. The summed E-state index contributed by atoms with van der Waals surface area (Å²) < 4.78 is 6.48. The molecule has 0 radical (unpaired) electrons. The van der Waals surface area contributed by atoms with E-state index in [1.165, 1.54) is 0 Å². The molecule has 0 unspecified atom stereocenters. The van der Waals surface area contributed by atoms with Crippen LogP contribution in [-0.2, 0) is 0 Å². The molecule has 2 rings (SSSR count). The average Bonchev–Trinajstić information content (AvgIpc) is 2.38. The first kappa shape index (κ1) is 13.5. The van der Waals surface area contributed by atoms with E-state index in [0.717, 1.165) is 4.47 Å². The number of nitrogens with zero attached hydrogens (tertiary/aromatic N) is 2. The van der Waals surface area contributed by atoms with E-state index < -0.39 is 6.10 Å². The molecule has 5 heteroatoms. The second-order valence-electron chi connectivity index (χ2n) is 3.98. The Hall–Kier alpha value is -1.90. The number of benzene rings is 1. The minimum atomic E-state index is -0.678. The van der Waals surface area contributed by atoms with Gasteiger partial charge < -0.3 is 9.84 Å². The summed E-state index contributed by atoms with van der Waals surface area (Å²) in [4.78, 5) is 4.00. The highest BCUT2D eigenvalue weighted by molar-refractivity contribution is 9.10. The van der Waals surface area contributed by atoms with Crippen LogP contribution in [0.1, 0.15) is 24.2 Å². The Balaban J connectivity index is 2.40. The molecule has 96 valence electrons. The Morgan fingerprint density at radius 3 is 2.79 bits per heavy atom. The molecule has 0 saturated carbocycles. The molecule has 0 amide bonds. The van der Waals surface area contributed by atoms with Crippen LogP contribution < -0.4 is 4.74 Å². The Kier molecular flexibility index (Phi) is 4.15. The number of halogens is 1. The Bertz CT molecular complexity index is 636. The van der Waals surface area contributed by atoms with Crippen LogP contribution in [0, 0.1) is 11.3 Å². The van der Waals surface area contributed by atoms with Gasteiger partial charge in [-0.25, -0.2) is 0 Å². The van der Waals surface area contributed by atoms with Crippen molar-refractivity contribution >= 4 is 15.9 Å². The highest BCUT2D eigenvalue weighted by Crippen LogP contribution is 2.31. The maximum atomic E-state index is 9.71. The van der Waals surface area contributed by atoms with E-state index in [1.54, 1.807) is 43.6 Å². The molecule has 0 aliphatic rings. The van der Waals surface area contributed by atoms with Crippen LogP contribution in [0.4, 0.5) is 0 Å². The van der Waals surface area contributed by atoms with E-state index in [-0.39, 0.29) is 0 Å². The van der Waals surface area contributed by atoms with E-state index in [2.05, 4.69) is 20.9 Å². The number of rotatable bonds is 3. The third-order valence-corrected chi connectivity index (χ3v) is 2.93. The predicted octanol–water partition coefficient (Wildman–Crippen LogP) is 3.56. The van der Waals surface area contributed by atoms with E-state index in [1.807, 2.05) is 6.07 Å². The maximum absolute atomic E-state index is 9.71. The van der Waals surface area contributed by atoms with Crippen LogP contribution in [0.5, 0.6) is 11.5 Å². The van der Waals surface area contributed by atoms with Gasteiger partial charge in [-0.3, -0.25) is 4.98 Å². The van der Waals surface area contributed by atoms with Gasteiger partial charge in [-0.2, -0.15) is 5.26 Å². The van der Waals surface area contributed by atoms with Crippen molar-refractivity contribution in [2.45, 2.75) is 13.0 Å². The normalized spacial score (nSPS) is 11.7. The first-order valence-corrected chi connectivity index (χ1v) is 6.40. The molecule has 1 aromatic heterocycles. The molecule has 1 atom stereocenters. The van der Waals surface area contributed by atoms with Gasteiger partial charge in [-0.1, -0.05) is 6.07 Å². The number of aromatic nitrogens is 1. The van der Waals surface area contributed by atoms with Crippen LogP contribution in [0.2, 0.25) is 0 Å². The molecule has 0 spiro atoms. The van der Waals surface area contributed by atoms with E-state index in [4.69, 9.17) is 10.00 Å². The summed E-state index contributed by atoms with van der Waals surface area (Å²) in [6.07, 6.45) is 2.53. The predicted molar refractivity (Wildman–Crippen MR) is 73.8 cm³/mol. The number of pyridine rings is 1. The number of hydrogen-bond donors (Lipinski definition) is 1. The quantitative estimate of drug-likeness (QED) is 0.939. The number of nitriles is 1. The molecule has 0 aliphatic heterocycles. The van der Waals surface area contributed by atoms with Crippen LogP contribution in [-0.4, -0.2) is 10.1 Å². The lowest BCUT2D eigenvalue weighted by Crippen LogP contribution is -1.97. The van der Waals surface area contributed by atoms with Gasteiger partial charge in [0.25, 0.3) is 0 Å². The lowest BCUT2D eigenvalue weighted by atomic mass is 10.1. The zero-order valence-electron chi connectivity index (χ0n) is 10.2. The van der Waals surface area contributed by atoms with Gasteiger partial charge in [0.15, 0.2) is 0 Å². The van der Waals surface area contributed by atoms with E-state index in [0.29, 0.717) is 22.6 Å². The maximum Gasteiger partial charge on any atom is 0.146 e. The van der Waals surface area contributed by atoms with Gasteiger partial charge in [0.2, 0.25) is 0 Å². The van der Waals surface area contributed by atoms with Crippen LogP contribution in [0.15, 0.2) is 41.1 Å². The highest BCUT2D eigenvalue weighted by atomic mass is 79.9. The highest BCUT2D eigenvalue weighted by Gasteiger charge is 2.11. The zero-order valence-corrected chi connectivity index (χ0v) is 11.8. The van der Waals surface area contributed by atoms with Gasteiger partial charge in [-0.15, -0.1) is 0 Å². The van der Waals surface area contributed by atoms with Crippen molar-refractivity contribution in [1.82, 2.24) is 4.98 Å². The molecule has 0 aliphatic carbocycles. The van der Waals surface area contributed by atoms with Crippen LogP contribution in [0.25, 0.3) is 0 Å². The van der Waals surface area contributed by atoms with Crippen molar-refractivity contribution in [3.8, 4) is 17.6 Å². The van der Waals surface area contributed by atoms with Crippen molar-refractivity contribution in [1.29, 1.82) is 5.26 Å². The summed E-state index contributed by atoms with van der Waals surface area (Å²) in [6.45, 7) is 1.65. The smallest absolute Gasteiger partial charge is 0.146 e. The van der Waals surface area contributed by atoms with Crippen LogP contribution in [0.3, 0.4) is 0 Å². The van der Waals surface area contributed by atoms with E-state index >= 15 is 0 Å². The van der Waals surface area contributed by atoms with Gasteiger partial charge in [-0.05, 0) is 41.1 Å². The fourth-order valence-corrected chi connectivity index (χ4v) is 1.96.